The zero-order chi connectivity index (χ0) is 13.5. The molecule has 0 unspecified atom stereocenters. The summed E-state index contributed by atoms with van der Waals surface area (Å²) in [4.78, 5) is 0. The van der Waals surface area contributed by atoms with Crippen LogP contribution >= 0.6 is 11.6 Å². The van der Waals surface area contributed by atoms with Crippen LogP contribution in [0.4, 0.5) is 0 Å². The van der Waals surface area contributed by atoms with E-state index in [1.807, 2.05) is 12.1 Å². The Bertz CT molecular complexity index is 421. The first kappa shape index (κ1) is 14.7. The molecule has 0 aliphatic carbocycles. The molecule has 1 rings (SSSR count). The van der Waals surface area contributed by atoms with Crippen molar-refractivity contribution in [3.8, 4) is 17.2 Å². The Hall–Kier alpha value is -1.39. The van der Waals surface area contributed by atoms with Gasteiger partial charge in [-0.2, -0.15) is 0 Å². The first-order valence-corrected chi connectivity index (χ1v) is 5.83. The fraction of sp³-hybridized carbons (Fsp3) is 0.385. The zero-order valence-corrected chi connectivity index (χ0v) is 11.6. The fourth-order valence-corrected chi connectivity index (χ4v) is 1.73. The van der Waals surface area contributed by atoms with Crippen LogP contribution in [-0.2, 0) is 6.54 Å². The van der Waals surface area contributed by atoms with E-state index in [1.165, 1.54) is 0 Å². The summed E-state index contributed by atoms with van der Waals surface area (Å²) in [7, 11) is 4.77. The predicted molar refractivity (Wildman–Crippen MR) is 72.8 cm³/mol. The quantitative estimate of drug-likeness (QED) is 0.827. The van der Waals surface area contributed by atoms with Gasteiger partial charge in [0, 0.05) is 23.7 Å². The molecule has 100 valence electrons. The first-order valence-electron chi connectivity index (χ1n) is 5.45. The summed E-state index contributed by atoms with van der Waals surface area (Å²) in [5, 5.41) is 3.72. The van der Waals surface area contributed by atoms with E-state index in [2.05, 4.69) is 11.9 Å². The standard InChI is InChI=1S/C13H18ClNO3/c1-9(14)7-15-8-10-5-6-11(16-2)13(18-4)12(10)17-3/h5-6,15H,1,7-8H2,2-4H3. The van der Waals surface area contributed by atoms with Crippen LogP contribution in [0.5, 0.6) is 17.2 Å². The SMILES string of the molecule is C=C(Cl)CNCc1ccc(OC)c(OC)c1OC. The molecule has 1 aromatic rings. The molecule has 0 bridgehead atoms. The van der Waals surface area contributed by atoms with E-state index < -0.39 is 0 Å². The molecule has 0 atom stereocenters. The van der Waals surface area contributed by atoms with Crippen molar-refractivity contribution in [2.75, 3.05) is 27.9 Å². The van der Waals surface area contributed by atoms with E-state index in [9.17, 15) is 0 Å². The zero-order valence-electron chi connectivity index (χ0n) is 10.9. The molecule has 1 aromatic carbocycles. The van der Waals surface area contributed by atoms with Crippen molar-refractivity contribution in [3.63, 3.8) is 0 Å². The van der Waals surface area contributed by atoms with Crippen LogP contribution in [0.1, 0.15) is 5.56 Å². The number of rotatable bonds is 7. The predicted octanol–water partition coefficient (Wildman–Crippen LogP) is 2.55. The second-order valence-corrected chi connectivity index (χ2v) is 4.15. The van der Waals surface area contributed by atoms with Crippen molar-refractivity contribution in [2.24, 2.45) is 0 Å². The van der Waals surface area contributed by atoms with Gasteiger partial charge in [0.25, 0.3) is 0 Å². The fourth-order valence-electron chi connectivity index (χ4n) is 1.64. The Morgan fingerprint density at radius 2 is 1.83 bits per heavy atom. The third kappa shape index (κ3) is 3.55. The highest BCUT2D eigenvalue weighted by atomic mass is 35.5. The summed E-state index contributed by atoms with van der Waals surface area (Å²) < 4.78 is 15.9. The van der Waals surface area contributed by atoms with E-state index in [0.717, 1.165) is 5.56 Å². The van der Waals surface area contributed by atoms with Gasteiger partial charge in [0.05, 0.1) is 21.3 Å². The highest BCUT2D eigenvalue weighted by Gasteiger charge is 2.15. The molecule has 5 heteroatoms. The smallest absolute Gasteiger partial charge is 0.203 e. The topological polar surface area (TPSA) is 39.7 Å². The monoisotopic (exact) mass is 271 g/mol. The molecule has 0 aromatic heterocycles. The first-order chi connectivity index (χ1) is 8.63. The molecular weight excluding hydrogens is 254 g/mol. The van der Waals surface area contributed by atoms with Crippen LogP contribution in [0.15, 0.2) is 23.7 Å². The van der Waals surface area contributed by atoms with Crippen molar-refractivity contribution in [3.05, 3.63) is 29.3 Å². The van der Waals surface area contributed by atoms with Crippen molar-refractivity contribution >= 4 is 11.6 Å². The second kappa shape index (κ2) is 7.13. The van der Waals surface area contributed by atoms with Gasteiger partial charge in [-0.3, -0.25) is 0 Å². The highest BCUT2D eigenvalue weighted by Crippen LogP contribution is 2.39. The normalized spacial score (nSPS) is 10.0. The Kier molecular flexibility index (Phi) is 5.82. The summed E-state index contributed by atoms with van der Waals surface area (Å²) in [6, 6.07) is 3.76. The lowest BCUT2D eigenvalue weighted by atomic mass is 10.1. The molecule has 0 saturated heterocycles. The van der Waals surface area contributed by atoms with Crippen molar-refractivity contribution in [1.29, 1.82) is 0 Å². The number of methoxy groups -OCH3 is 3. The van der Waals surface area contributed by atoms with Crippen LogP contribution in [0, 0.1) is 0 Å². The summed E-state index contributed by atoms with van der Waals surface area (Å²) in [5.74, 6) is 1.88. The Balaban J connectivity index is 2.94. The molecule has 0 aliphatic rings. The molecule has 0 radical (unpaired) electrons. The average Bonchev–Trinajstić information content (AvgIpc) is 2.37. The second-order valence-electron chi connectivity index (χ2n) is 3.61. The van der Waals surface area contributed by atoms with Gasteiger partial charge in [0.15, 0.2) is 11.5 Å². The minimum Gasteiger partial charge on any atom is -0.493 e. The molecule has 18 heavy (non-hydrogen) atoms. The summed E-state index contributed by atoms with van der Waals surface area (Å²) in [6.07, 6.45) is 0. The Morgan fingerprint density at radius 3 is 2.33 bits per heavy atom. The lowest BCUT2D eigenvalue weighted by Gasteiger charge is -2.16. The summed E-state index contributed by atoms with van der Waals surface area (Å²) in [6.45, 7) is 4.76. The van der Waals surface area contributed by atoms with Gasteiger partial charge >= 0.3 is 0 Å². The third-order valence-corrected chi connectivity index (χ3v) is 2.55. The maximum absolute atomic E-state index is 5.69. The van der Waals surface area contributed by atoms with Gasteiger partial charge in [0.1, 0.15) is 0 Å². The number of ether oxygens (including phenoxy) is 3. The number of hydrogen-bond acceptors (Lipinski definition) is 4. The number of nitrogens with one attached hydrogen (secondary N) is 1. The maximum atomic E-state index is 5.69. The number of hydrogen-bond donors (Lipinski definition) is 1. The molecular formula is C13H18ClNO3. The van der Waals surface area contributed by atoms with Gasteiger partial charge in [-0.15, -0.1) is 0 Å². The molecule has 1 N–H and O–H groups in total. The largest absolute Gasteiger partial charge is 0.493 e. The van der Waals surface area contributed by atoms with Crippen LogP contribution in [0.3, 0.4) is 0 Å². The van der Waals surface area contributed by atoms with E-state index >= 15 is 0 Å². The number of benzene rings is 1. The minimum absolute atomic E-state index is 0.541. The average molecular weight is 272 g/mol. The summed E-state index contributed by atoms with van der Waals surface area (Å²) >= 11 is 5.69. The van der Waals surface area contributed by atoms with Gasteiger partial charge in [-0.1, -0.05) is 24.2 Å². The van der Waals surface area contributed by atoms with E-state index in [1.54, 1.807) is 21.3 Å². The Morgan fingerprint density at radius 1 is 1.17 bits per heavy atom. The van der Waals surface area contributed by atoms with E-state index in [0.29, 0.717) is 35.4 Å². The van der Waals surface area contributed by atoms with Gasteiger partial charge in [-0.25, -0.2) is 0 Å². The Labute approximate surface area is 112 Å². The van der Waals surface area contributed by atoms with Crippen LogP contribution in [0.2, 0.25) is 0 Å². The molecule has 0 saturated carbocycles. The third-order valence-electron chi connectivity index (χ3n) is 2.42. The molecule has 0 aliphatic heterocycles. The van der Waals surface area contributed by atoms with Crippen molar-refractivity contribution < 1.29 is 14.2 Å². The highest BCUT2D eigenvalue weighted by molar-refractivity contribution is 6.29. The van der Waals surface area contributed by atoms with Crippen LogP contribution in [-0.4, -0.2) is 27.9 Å². The number of halogens is 1. The van der Waals surface area contributed by atoms with Gasteiger partial charge in [-0.05, 0) is 6.07 Å². The van der Waals surface area contributed by atoms with Crippen LogP contribution < -0.4 is 19.5 Å². The minimum atomic E-state index is 0.541. The van der Waals surface area contributed by atoms with E-state index in [-0.39, 0.29) is 0 Å². The molecule has 4 nitrogen and oxygen atoms in total. The molecule has 0 amide bonds. The maximum Gasteiger partial charge on any atom is 0.203 e. The molecule has 0 spiro atoms. The van der Waals surface area contributed by atoms with Crippen molar-refractivity contribution in [2.45, 2.75) is 6.54 Å². The summed E-state index contributed by atoms with van der Waals surface area (Å²) in [5.41, 5.74) is 0.966. The van der Waals surface area contributed by atoms with E-state index in [4.69, 9.17) is 25.8 Å². The lowest BCUT2D eigenvalue weighted by Crippen LogP contribution is -2.15. The van der Waals surface area contributed by atoms with Gasteiger partial charge in [0.2, 0.25) is 5.75 Å². The molecule has 0 fully saturated rings. The van der Waals surface area contributed by atoms with Crippen LogP contribution in [0.25, 0.3) is 0 Å². The van der Waals surface area contributed by atoms with Gasteiger partial charge < -0.3 is 19.5 Å². The molecule has 0 heterocycles. The van der Waals surface area contributed by atoms with Crippen molar-refractivity contribution in [1.82, 2.24) is 5.32 Å². The lowest BCUT2D eigenvalue weighted by molar-refractivity contribution is 0.321.